The van der Waals surface area contributed by atoms with E-state index in [1.54, 1.807) is 0 Å². The van der Waals surface area contributed by atoms with Crippen LogP contribution in [0.4, 0.5) is 5.95 Å². The van der Waals surface area contributed by atoms with Gasteiger partial charge in [-0.15, -0.1) is 9.05 Å². The van der Waals surface area contributed by atoms with E-state index in [1.807, 2.05) is 0 Å². The lowest BCUT2D eigenvalue weighted by molar-refractivity contribution is -0.0813. The Bertz CT molecular complexity index is 1590. The Morgan fingerprint density at radius 1 is 1.17 bits per heavy atom. The van der Waals surface area contributed by atoms with Gasteiger partial charge in [0, 0.05) is 30.4 Å². The van der Waals surface area contributed by atoms with Crippen LogP contribution < -0.4 is 22.5 Å². The van der Waals surface area contributed by atoms with Crippen LogP contribution in [0.5, 0.6) is 0 Å². The molecule has 6 N–H and O–H groups in total. The van der Waals surface area contributed by atoms with Gasteiger partial charge < -0.3 is 34.9 Å². The predicted molar refractivity (Wildman–Crippen MR) is 139 cm³/mol. The number of aromatic nitrogens is 6. The smallest absolute Gasteiger partial charge is 0.394 e. The van der Waals surface area contributed by atoms with Crippen molar-refractivity contribution in [3.63, 3.8) is 0 Å². The van der Waals surface area contributed by atoms with E-state index in [0.717, 1.165) is 10.6 Å². The minimum absolute atomic E-state index is 0.0353. The zero-order valence-electron chi connectivity index (χ0n) is 22.1. The molecule has 0 spiro atoms. The van der Waals surface area contributed by atoms with Crippen molar-refractivity contribution in [2.75, 3.05) is 39.3 Å². The van der Waals surface area contributed by atoms with E-state index in [9.17, 15) is 29.2 Å². The Morgan fingerprint density at radius 2 is 1.98 bits per heavy atom. The molecule has 5 heterocycles. The van der Waals surface area contributed by atoms with Crippen molar-refractivity contribution in [3.8, 4) is 0 Å². The van der Waals surface area contributed by atoms with Crippen LogP contribution in [0, 0.1) is 0 Å². The highest BCUT2D eigenvalue weighted by atomic mass is 31.1. The van der Waals surface area contributed by atoms with Crippen LogP contribution in [0.3, 0.4) is 0 Å². The number of nitrogens with two attached hydrogens (primary N) is 1. The Hall–Kier alpha value is -3.39. The maximum atomic E-state index is 12.9. The molecular formula is C22H29N7O12P+. The van der Waals surface area contributed by atoms with Crippen LogP contribution in [-0.4, -0.2) is 103 Å². The number of methoxy groups -OCH3 is 1. The van der Waals surface area contributed by atoms with E-state index in [4.69, 9.17) is 33.7 Å². The number of aromatic amines is 2. The van der Waals surface area contributed by atoms with Gasteiger partial charge in [0.15, 0.2) is 23.5 Å². The number of fused-ring (bicyclic) bond motifs is 1. The Morgan fingerprint density at radius 3 is 2.71 bits per heavy atom. The van der Waals surface area contributed by atoms with Gasteiger partial charge in [0.2, 0.25) is 5.95 Å². The van der Waals surface area contributed by atoms with E-state index < -0.39 is 74.6 Å². The second kappa shape index (κ2) is 12.9. The number of hydrogen-bond donors (Lipinski definition) is 5. The maximum Gasteiger partial charge on any atom is 0.697 e. The molecule has 0 amide bonds. The van der Waals surface area contributed by atoms with Gasteiger partial charge in [0.1, 0.15) is 31.1 Å². The van der Waals surface area contributed by atoms with Crippen molar-refractivity contribution in [1.82, 2.24) is 29.1 Å². The molecule has 0 bridgehead atoms. The number of aliphatic hydroxyl groups is 2. The number of aliphatic hydroxyl groups excluding tert-OH is 2. The lowest BCUT2D eigenvalue weighted by atomic mass is 10.1. The number of anilines is 1. The number of hydrogen-bond acceptors (Lipinski definition) is 15. The highest BCUT2D eigenvalue weighted by Gasteiger charge is 2.52. The zero-order chi connectivity index (χ0) is 30.0. The second-order valence-corrected chi connectivity index (χ2v) is 10.3. The molecular weight excluding hydrogens is 585 g/mol. The first-order chi connectivity index (χ1) is 20.2. The molecule has 2 saturated heterocycles. The third kappa shape index (κ3) is 6.19. The second-order valence-electron chi connectivity index (χ2n) is 9.39. The topological polar surface area (TPSA) is 257 Å². The van der Waals surface area contributed by atoms with Crippen molar-refractivity contribution >= 4 is 25.4 Å². The summed E-state index contributed by atoms with van der Waals surface area (Å²) in [5.41, 5.74) is 3.90. The number of nitrogens with one attached hydrogen (secondary N) is 2. The molecule has 3 unspecified atom stereocenters. The first-order valence-corrected chi connectivity index (χ1v) is 13.8. The Labute approximate surface area is 236 Å². The molecule has 3 aromatic rings. The van der Waals surface area contributed by atoms with Crippen molar-refractivity contribution < 1.29 is 42.8 Å². The molecule has 0 radical (unpaired) electrons. The summed E-state index contributed by atoms with van der Waals surface area (Å²) < 4.78 is 48.8. The summed E-state index contributed by atoms with van der Waals surface area (Å²) >= 11 is 0. The molecule has 2 aliphatic heterocycles. The summed E-state index contributed by atoms with van der Waals surface area (Å²) in [6, 6.07) is 1.11. The molecule has 19 nitrogen and oxygen atoms in total. The van der Waals surface area contributed by atoms with E-state index in [-0.39, 0.29) is 43.4 Å². The summed E-state index contributed by atoms with van der Waals surface area (Å²) in [5, 5.41) is 20.5. The number of imidazole rings is 1. The van der Waals surface area contributed by atoms with Crippen molar-refractivity contribution in [2.45, 2.75) is 49.4 Å². The number of H-pyrrole nitrogens is 2. The van der Waals surface area contributed by atoms with E-state index >= 15 is 0 Å². The monoisotopic (exact) mass is 614 g/mol. The van der Waals surface area contributed by atoms with Crippen LogP contribution in [0.15, 0.2) is 33.0 Å². The van der Waals surface area contributed by atoms with Crippen molar-refractivity contribution in [1.29, 1.82) is 0 Å². The molecule has 0 saturated carbocycles. The summed E-state index contributed by atoms with van der Waals surface area (Å²) in [6.45, 7) is -0.735. The molecule has 20 heteroatoms. The van der Waals surface area contributed by atoms with E-state index in [2.05, 4.69) is 19.9 Å². The summed E-state index contributed by atoms with van der Waals surface area (Å²) in [7, 11) is -1.43. The minimum atomic E-state index is -2.88. The average molecular weight is 614 g/mol. The SMILES string of the molecule is COCCOC1[C@H](n2ccc(=O)[nH]c2=O)O[C@H](CO)[C@H]1O[P+](=O)OCC1O[C@@H](n2cnc3c(=O)[nH]c(N)nc32)C[C@@H]1O. The molecule has 0 aliphatic carbocycles. The van der Waals surface area contributed by atoms with Crippen LogP contribution in [-0.2, 0) is 32.6 Å². The first kappa shape index (κ1) is 30.1. The van der Waals surface area contributed by atoms with E-state index in [1.165, 1.54) is 24.2 Å². The zero-order valence-corrected chi connectivity index (χ0v) is 23.0. The largest absolute Gasteiger partial charge is 0.697 e. The summed E-state index contributed by atoms with van der Waals surface area (Å²) in [5.74, 6) is -0.115. The van der Waals surface area contributed by atoms with Crippen LogP contribution >= 0.6 is 8.25 Å². The third-order valence-corrected chi connectivity index (χ3v) is 7.48. The molecule has 5 rings (SSSR count). The molecule has 228 valence electrons. The van der Waals surface area contributed by atoms with Crippen LogP contribution in [0.2, 0.25) is 0 Å². The maximum absolute atomic E-state index is 12.9. The van der Waals surface area contributed by atoms with Gasteiger partial charge in [-0.2, -0.15) is 4.98 Å². The first-order valence-electron chi connectivity index (χ1n) is 12.7. The highest BCUT2D eigenvalue weighted by molar-refractivity contribution is 7.33. The molecule has 3 aromatic heterocycles. The molecule has 8 atom stereocenters. The van der Waals surface area contributed by atoms with Gasteiger partial charge in [-0.05, 0) is 0 Å². The third-order valence-electron chi connectivity index (χ3n) is 6.71. The quantitative estimate of drug-likeness (QED) is 0.108. The number of nitrogens with zero attached hydrogens (tertiary/aromatic N) is 4. The van der Waals surface area contributed by atoms with Crippen LogP contribution in [0.25, 0.3) is 11.2 Å². The van der Waals surface area contributed by atoms with Crippen molar-refractivity contribution in [2.24, 2.45) is 0 Å². The van der Waals surface area contributed by atoms with Gasteiger partial charge in [-0.1, -0.05) is 0 Å². The fourth-order valence-corrected chi connectivity index (χ4v) is 5.52. The molecule has 2 aliphatic rings. The normalized spacial score (nSPS) is 28.1. The van der Waals surface area contributed by atoms with Gasteiger partial charge >= 0.3 is 13.9 Å². The fraction of sp³-hybridized carbons (Fsp3) is 0.591. The van der Waals surface area contributed by atoms with Gasteiger partial charge in [0.25, 0.3) is 11.1 Å². The predicted octanol–water partition coefficient (Wildman–Crippen LogP) is -2.12. The number of nitrogen functional groups attached to an aromatic ring is 1. The lowest BCUT2D eigenvalue weighted by Crippen LogP contribution is -2.40. The van der Waals surface area contributed by atoms with Crippen molar-refractivity contribution in [3.05, 3.63) is 49.8 Å². The van der Waals surface area contributed by atoms with E-state index in [0.29, 0.717) is 0 Å². The standard InChI is InChI=1S/C22H28N7O12P/c1-36-4-5-37-17-16(11(7-30)40-20(17)28-3-2-13(32)25-22(28)34)41-42(35)38-8-12-10(31)6-14(39-12)29-9-24-15-18(29)26-21(23)27-19(15)33/h2-3,9-12,14,16-17,20,30-31H,4-8H2,1H3,(H3-,23,25,26,27,32,33,34)/p+1/t10-,11+,12?,14+,16+,17?,20+/m0/s1. The average Bonchev–Trinajstić information content (AvgIpc) is 3.63. The highest BCUT2D eigenvalue weighted by Crippen LogP contribution is 2.40. The Kier molecular flexibility index (Phi) is 9.21. The lowest BCUT2D eigenvalue weighted by Gasteiger charge is -2.22. The fourth-order valence-electron chi connectivity index (χ4n) is 4.73. The molecule has 2 fully saturated rings. The number of ether oxygens (including phenoxy) is 4. The summed E-state index contributed by atoms with van der Waals surface area (Å²) in [6.07, 6.45) is -4.63. The molecule has 0 aromatic carbocycles. The van der Waals surface area contributed by atoms with Gasteiger partial charge in [0.05, 0.1) is 32.3 Å². The van der Waals surface area contributed by atoms with Gasteiger partial charge in [-0.3, -0.25) is 28.7 Å². The van der Waals surface area contributed by atoms with Gasteiger partial charge in [-0.25, -0.2) is 9.78 Å². The minimum Gasteiger partial charge on any atom is -0.394 e. The molecule has 42 heavy (non-hydrogen) atoms. The Balaban J connectivity index is 1.25. The number of rotatable bonds is 12. The van der Waals surface area contributed by atoms with Crippen LogP contribution in [0.1, 0.15) is 18.9 Å². The summed E-state index contributed by atoms with van der Waals surface area (Å²) in [4.78, 5) is 48.6.